The van der Waals surface area contributed by atoms with E-state index in [4.69, 9.17) is 5.73 Å². The van der Waals surface area contributed by atoms with Crippen LogP contribution in [0.25, 0.3) is 0 Å². The van der Waals surface area contributed by atoms with E-state index < -0.39 is 12.1 Å². The highest BCUT2D eigenvalue weighted by Crippen LogP contribution is 2.29. The van der Waals surface area contributed by atoms with Crippen LogP contribution in [0.5, 0.6) is 0 Å². The molecule has 0 unspecified atom stereocenters. The van der Waals surface area contributed by atoms with Crippen molar-refractivity contribution in [1.82, 2.24) is 10.3 Å². The number of nitrogens with one attached hydrogen (secondary N) is 1. The molecule has 0 aromatic carbocycles. The van der Waals surface area contributed by atoms with Crippen LogP contribution in [-0.2, 0) is 4.79 Å². The number of aromatic nitrogens is 1. The van der Waals surface area contributed by atoms with Gasteiger partial charge in [-0.1, -0.05) is 38.2 Å². The molecule has 5 nitrogen and oxygen atoms in total. The van der Waals surface area contributed by atoms with Crippen molar-refractivity contribution in [2.75, 3.05) is 17.8 Å². The third kappa shape index (κ3) is 8.72. The predicted molar refractivity (Wildman–Crippen MR) is 120 cm³/mol. The molecule has 1 amide bonds. The Hall–Kier alpha value is -0.760. The third-order valence-corrected chi connectivity index (χ3v) is 7.00. The average molecular weight is 426 g/mol. The Morgan fingerprint density at radius 3 is 2.75 bits per heavy atom. The van der Waals surface area contributed by atoms with Crippen molar-refractivity contribution in [3.63, 3.8) is 0 Å². The summed E-state index contributed by atoms with van der Waals surface area (Å²) in [4.78, 5) is 16.8. The summed E-state index contributed by atoms with van der Waals surface area (Å²) in [6.45, 7) is 0. The average Bonchev–Trinajstić information content (AvgIpc) is 2.72. The van der Waals surface area contributed by atoms with Gasteiger partial charge >= 0.3 is 0 Å². The molecule has 0 saturated heterocycles. The van der Waals surface area contributed by atoms with E-state index in [9.17, 15) is 9.90 Å². The lowest BCUT2D eigenvalue weighted by molar-refractivity contribution is -0.124. The second-order valence-electron chi connectivity index (χ2n) is 7.62. The number of rotatable bonds is 12. The van der Waals surface area contributed by atoms with Crippen molar-refractivity contribution in [3.8, 4) is 0 Å². The molecule has 2 rings (SSSR count). The molecule has 7 heteroatoms. The number of nitrogens with two attached hydrogens (primary N) is 1. The van der Waals surface area contributed by atoms with Gasteiger partial charge in [-0.2, -0.15) is 11.8 Å². The first kappa shape index (κ1) is 23.5. The lowest BCUT2D eigenvalue weighted by Gasteiger charge is -2.31. The van der Waals surface area contributed by atoms with Crippen LogP contribution in [0.3, 0.4) is 0 Å². The minimum absolute atomic E-state index is 0.133. The molecular weight excluding hydrogens is 390 g/mol. The van der Waals surface area contributed by atoms with Gasteiger partial charge in [0.05, 0.1) is 23.2 Å². The third-order valence-electron chi connectivity index (χ3n) is 5.38. The Bertz CT molecular complexity index is 556. The molecule has 1 aliphatic carbocycles. The number of hydrogen-bond acceptors (Lipinski definition) is 6. The molecule has 1 fully saturated rings. The highest BCUT2D eigenvalue weighted by atomic mass is 32.2. The van der Waals surface area contributed by atoms with Crippen LogP contribution >= 0.6 is 23.5 Å². The normalized spacial score (nSPS) is 18.4. The van der Waals surface area contributed by atoms with Crippen molar-refractivity contribution >= 4 is 29.4 Å². The molecule has 1 saturated carbocycles. The molecule has 4 N–H and O–H groups in total. The molecule has 0 spiro atoms. The number of thioether (sulfide) groups is 2. The van der Waals surface area contributed by atoms with Gasteiger partial charge in [-0.15, -0.1) is 11.8 Å². The van der Waals surface area contributed by atoms with Crippen LogP contribution < -0.4 is 11.1 Å². The van der Waals surface area contributed by atoms with E-state index in [1.54, 1.807) is 29.7 Å². The zero-order chi connectivity index (χ0) is 20.2. The fourth-order valence-corrected chi connectivity index (χ4v) is 5.05. The zero-order valence-corrected chi connectivity index (χ0v) is 18.5. The monoisotopic (exact) mass is 425 g/mol. The summed E-state index contributed by atoms with van der Waals surface area (Å²) in [5.41, 5.74) is 6.04. The molecule has 1 aliphatic rings. The number of hydrogen-bond donors (Lipinski definition) is 3. The summed E-state index contributed by atoms with van der Waals surface area (Å²) in [5.74, 6) is 2.09. The van der Waals surface area contributed by atoms with Crippen molar-refractivity contribution in [2.24, 2.45) is 11.7 Å². The van der Waals surface area contributed by atoms with Gasteiger partial charge in [0.1, 0.15) is 0 Å². The molecule has 158 valence electrons. The first-order chi connectivity index (χ1) is 13.6. The van der Waals surface area contributed by atoms with Crippen molar-refractivity contribution < 1.29 is 9.90 Å². The summed E-state index contributed by atoms with van der Waals surface area (Å²) >= 11 is 3.33. The van der Waals surface area contributed by atoms with E-state index in [0.29, 0.717) is 18.8 Å². The van der Waals surface area contributed by atoms with Crippen LogP contribution in [0.4, 0.5) is 0 Å². The Balaban J connectivity index is 1.88. The minimum atomic E-state index is -0.560. The Kier molecular flexibility index (Phi) is 11.3. The Labute approximate surface area is 178 Å². The largest absolute Gasteiger partial charge is 0.391 e. The molecule has 1 aromatic heterocycles. The molecule has 3 atom stereocenters. The lowest BCUT2D eigenvalue weighted by Crippen LogP contribution is -2.50. The fourth-order valence-electron chi connectivity index (χ4n) is 3.68. The number of pyridine rings is 1. The molecule has 28 heavy (non-hydrogen) atoms. The zero-order valence-electron chi connectivity index (χ0n) is 16.9. The number of aliphatic hydroxyl groups is 1. The van der Waals surface area contributed by atoms with Gasteiger partial charge in [-0.3, -0.25) is 4.79 Å². The second-order valence-corrected chi connectivity index (χ2v) is 9.72. The maximum Gasteiger partial charge on any atom is 0.237 e. The van der Waals surface area contributed by atoms with Crippen LogP contribution in [-0.4, -0.2) is 51.9 Å². The summed E-state index contributed by atoms with van der Waals surface area (Å²) in [5, 5.41) is 14.9. The van der Waals surface area contributed by atoms with Gasteiger partial charge in [-0.05, 0) is 49.3 Å². The molecule has 0 aliphatic heterocycles. The van der Waals surface area contributed by atoms with Gasteiger partial charge in [0.15, 0.2) is 0 Å². The molecule has 1 aromatic rings. The van der Waals surface area contributed by atoms with Gasteiger partial charge in [0.25, 0.3) is 0 Å². The number of nitrogens with zero attached hydrogens (tertiary/aromatic N) is 1. The maximum absolute atomic E-state index is 12.5. The van der Waals surface area contributed by atoms with Crippen molar-refractivity contribution in [2.45, 2.75) is 74.6 Å². The van der Waals surface area contributed by atoms with Gasteiger partial charge in [-0.25, -0.2) is 4.98 Å². The summed E-state index contributed by atoms with van der Waals surface area (Å²) in [7, 11) is 0. The highest BCUT2D eigenvalue weighted by molar-refractivity contribution is 7.99. The second kappa shape index (κ2) is 13.5. The summed E-state index contributed by atoms with van der Waals surface area (Å²) in [6, 6.07) is 5.11. The van der Waals surface area contributed by atoms with Crippen LogP contribution in [0.15, 0.2) is 29.4 Å². The van der Waals surface area contributed by atoms with Gasteiger partial charge < -0.3 is 16.2 Å². The smallest absolute Gasteiger partial charge is 0.237 e. The lowest BCUT2D eigenvalue weighted by atomic mass is 9.83. The van der Waals surface area contributed by atoms with Gasteiger partial charge in [0.2, 0.25) is 5.91 Å². The molecule has 0 bridgehead atoms. The highest BCUT2D eigenvalue weighted by Gasteiger charge is 2.27. The van der Waals surface area contributed by atoms with E-state index >= 15 is 0 Å². The van der Waals surface area contributed by atoms with Gasteiger partial charge in [0, 0.05) is 11.9 Å². The standard InChI is InChI=1S/C21H35N3O2S2/c1-27-13-10-17(22)21(26)24-18(15-16-7-3-2-4-8-16)19(25)11-14-28-20-9-5-6-12-23-20/h5-6,9,12,16-19,25H,2-4,7-8,10-11,13-15,22H2,1H3,(H,24,26)/t17-,18-,19-/m0/s1. The van der Waals surface area contributed by atoms with Crippen LogP contribution in [0, 0.1) is 5.92 Å². The number of carbonyl (C=O) groups excluding carboxylic acids is 1. The van der Waals surface area contributed by atoms with Crippen molar-refractivity contribution in [3.05, 3.63) is 24.4 Å². The molecule has 0 radical (unpaired) electrons. The minimum Gasteiger partial charge on any atom is -0.391 e. The first-order valence-electron chi connectivity index (χ1n) is 10.4. The SMILES string of the molecule is CSCC[C@H](N)C(=O)N[C@@H](CC1CCCCC1)[C@@H](O)CCSc1ccccn1. The van der Waals surface area contributed by atoms with E-state index in [1.165, 1.54) is 32.1 Å². The van der Waals surface area contributed by atoms with E-state index in [-0.39, 0.29) is 11.9 Å². The van der Waals surface area contributed by atoms with E-state index in [2.05, 4.69) is 10.3 Å². The number of amides is 1. The summed E-state index contributed by atoms with van der Waals surface area (Å²) in [6.07, 6.45) is 11.6. The molecule has 1 heterocycles. The predicted octanol–water partition coefficient (Wildman–Crippen LogP) is 3.46. The topological polar surface area (TPSA) is 88.2 Å². The first-order valence-corrected chi connectivity index (χ1v) is 12.7. The Morgan fingerprint density at radius 1 is 1.29 bits per heavy atom. The maximum atomic E-state index is 12.5. The van der Waals surface area contributed by atoms with Crippen molar-refractivity contribution in [1.29, 1.82) is 0 Å². The quantitative estimate of drug-likeness (QED) is 0.445. The summed E-state index contributed by atoms with van der Waals surface area (Å²) < 4.78 is 0. The number of carbonyl (C=O) groups is 1. The van der Waals surface area contributed by atoms with Crippen LogP contribution in [0.1, 0.15) is 51.4 Å². The van der Waals surface area contributed by atoms with E-state index in [0.717, 1.165) is 23.0 Å². The number of aliphatic hydroxyl groups excluding tert-OH is 1. The molecular formula is C21H35N3O2S2. The Morgan fingerprint density at radius 2 is 2.07 bits per heavy atom. The fraction of sp³-hybridized carbons (Fsp3) is 0.714. The van der Waals surface area contributed by atoms with E-state index in [1.807, 2.05) is 24.5 Å². The van der Waals surface area contributed by atoms with Crippen LogP contribution in [0.2, 0.25) is 0 Å².